The smallest absolute Gasteiger partial charge is 0.302 e. The number of hydrogen-bond donors (Lipinski definition) is 1. The van der Waals surface area contributed by atoms with Crippen LogP contribution in [-0.4, -0.2) is 10.9 Å². The van der Waals surface area contributed by atoms with E-state index in [-0.39, 0.29) is 16.6 Å². The van der Waals surface area contributed by atoms with E-state index in [2.05, 4.69) is 10.3 Å². The number of thiazole rings is 1. The Kier molecular flexibility index (Phi) is 3.75. The van der Waals surface area contributed by atoms with Crippen molar-refractivity contribution in [2.45, 2.75) is 25.9 Å². The van der Waals surface area contributed by atoms with Gasteiger partial charge < -0.3 is 5.32 Å². The second-order valence-corrected chi connectivity index (χ2v) is 5.00. The van der Waals surface area contributed by atoms with Crippen molar-refractivity contribution < 1.29 is 18.0 Å². The molecule has 1 N–H and O–H groups in total. The Hall–Kier alpha value is -1.63. The molecule has 102 valence electrons. The highest BCUT2D eigenvalue weighted by Gasteiger charge is 2.33. The third-order valence-corrected chi connectivity index (χ3v) is 3.38. The standard InChI is InChI=1S/C12H11F3N2OS/c1-2-4-9(18)16-11-17-10-7(12(13,14)15)5-3-6-8(10)19-11/h3,5-6H,2,4H2,1H3,(H,16,17,18). The van der Waals surface area contributed by atoms with Gasteiger partial charge in [-0.05, 0) is 18.6 Å². The number of nitrogens with zero attached hydrogens (tertiary/aromatic N) is 1. The number of nitrogens with one attached hydrogen (secondary N) is 1. The first-order chi connectivity index (χ1) is 8.91. The van der Waals surface area contributed by atoms with E-state index in [1.807, 2.05) is 6.92 Å². The van der Waals surface area contributed by atoms with Crippen LogP contribution in [0.1, 0.15) is 25.3 Å². The number of amides is 1. The van der Waals surface area contributed by atoms with Crippen LogP contribution in [0, 0.1) is 0 Å². The highest BCUT2D eigenvalue weighted by molar-refractivity contribution is 7.22. The molecule has 0 atom stereocenters. The minimum absolute atomic E-state index is 0.119. The summed E-state index contributed by atoms with van der Waals surface area (Å²) in [5.74, 6) is -0.241. The van der Waals surface area contributed by atoms with E-state index in [1.165, 1.54) is 6.07 Å². The topological polar surface area (TPSA) is 42.0 Å². The molecule has 0 aliphatic rings. The summed E-state index contributed by atoms with van der Waals surface area (Å²) < 4.78 is 38.8. The number of halogens is 3. The quantitative estimate of drug-likeness (QED) is 0.925. The van der Waals surface area contributed by atoms with Crippen molar-refractivity contribution in [3.63, 3.8) is 0 Å². The molecule has 1 aromatic carbocycles. The summed E-state index contributed by atoms with van der Waals surface area (Å²) in [5.41, 5.74) is -0.899. The average Bonchev–Trinajstić information content (AvgIpc) is 2.69. The fraction of sp³-hybridized carbons (Fsp3) is 0.333. The van der Waals surface area contributed by atoms with Crippen molar-refractivity contribution in [1.82, 2.24) is 4.98 Å². The van der Waals surface area contributed by atoms with Crippen LogP contribution in [-0.2, 0) is 11.0 Å². The third kappa shape index (κ3) is 3.04. The molecular weight excluding hydrogens is 277 g/mol. The zero-order chi connectivity index (χ0) is 14.0. The Balaban J connectivity index is 2.38. The summed E-state index contributed by atoms with van der Waals surface area (Å²) in [7, 11) is 0. The molecule has 0 aliphatic carbocycles. The number of aromatic nitrogens is 1. The number of hydrogen-bond acceptors (Lipinski definition) is 3. The predicted octanol–water partition coefficient (Wildman–Crippen LogP) is 4.05. The molecule has 2 aromatic rings. The maximum Gasteiger partial charge on any atom is 0.418 e. The molecule has 0 aliphatic heterocycles. The van der Waals surface area contributed by atoms with Crippen LogP contribution in [0.4, 0.5) is 18.3 Å². The summed E-state index contributed by atoms with van der Waals surface area (Å²) in [6, 6.07) is 3.87. The first-order valence-electron chi connectivity index (χ1n) is 5.68. The van der Waals surface area contributed by atoms with Crippen molar-refractivity contribution in [3.05, 3.63) is 23.8 Å². The zero-order valence-electron chi connectivity index (χ0n) is 10.0. The van der Waals surface area contributed by atoms with E-state index in [0.717, 1.165) is 17.4 Å². The van der Waals surface area contributed by atoms with Gasteiger partial charge in [0.05, 0.1) is 15.8 Å². The molecule has 19 heavy (non-hydrogen) atoms. The normalized spacial score (nSPS) is 11.8. The maximum atomic E-state index is 12.8. The largest absolute Gasteiger partial charge is 0.418 e. The van der Waals surface area contributed by atoms with Crippen molar-refractivity contribution in [2.24, 2.45) is 0 Å². The number of carbonyl (C=O) groups excluding carboxylic acids is 1. The van der Waals surface area contributed by atoms with Gasteiger partial charge in [-0.1, -0.05) is 24.3 Å². The number of carbonyl (C=O) groups is 1. The summed E-state index contributed by atoms with van der Waals surface area (Å²) >= 11 is 1.04. The van der Waals surface area contributed by atoms with Gasteiger partial charge in [-0.25, -0.2) is 4.98 Å². The second-order valence-electron chi connectivity index (χ2n) is 3.97. The molecule has 2 rings (SSSR count). The summed E-state index contributed by atoms with van der Waals surface area (Å²) in [4.78, 5) is 15.3. The van der Waals surface area contributed by atoms with Crippen LogP contribution in [0.5, 0.6) is 0 Å². The van der Waals surface area contributed by atoms with Gasteiger partial charge in [0.2, 0.25) is 5.91 Å². The molecule has 0 bridgehead atoms. The van der Waals surface area contributed by atoms with Crippen LogP contribution in [0.3, 0.4) is 0 Å². The highest BCUT2D eigenvalue weighted by atomic mass is 32.1. The monoisotopic (exact) mass is 288 g/mol. The zero-order valence-corrected chi connectivity index (χ0v) is 10.9. The first-order valence-corrected chi connectivity index (χ1v) is 6.50. The van der Waals surface area contributed by atoms with Crippen LogP contribution in [0.2, 0.25) is 0 Å². The van der Waals surface area contributed by atoms with E-state index < -0.39 is 11.7 Å². The van der Waals surface area contributed by atoms with E-state index in [9.17, 15) is 18.0 Å². The summed E-state index contributed by atoms with van der Waals surface area (Å²) in [6.45, 7) is 1.85. The van der Waals surface area contributed by atoms with Gasteiger partial charge in [-0.2, -0.15) is 13.2 Å². The van der Waals surface area contributed by atoms with Crippen LogP contribution in [0.25, 0.3) is 10.2 Å². The minimum Gasteiger partial charge on any atom is -0.302 e. The molecule has 1 aromatic heterocycles. The second kappa shape index (κ2) is 5.16. The number of anilines is 1. The van der Waals surface area contributed by atoms with E-state index in [1.54, 1.807) is 6.07 Å². The van der Waals surface area contributed by atoms with Crippen molar-refractivity contribution in [2.75, 3.05) is 5.32 Å². The molecule has 0 fully saturated rings. The molecule has 0 saturated heterocycles. The molecule has 0 spiro atoms. The van der Waals surface area contributed by atoms with Gasteiger partial charge in [0.1, 0.15) is 0 Å². The van der Waals surface area contributed by atoms with Gasteiger partial charge in [-0.3, -0.25) is 4.79 Å². The molecule has 1 amide bonds. The number of rotatable bonds is 3. The van der Waals surface area contributed by atoms with Crippen LogP contribution in [0.15, 0.2) is 18.2 Å². The van der Waals surface area contributed by atoms with E-state index >= 15 is 0 Å². The lowest BCUT2D eigenvalue weighted by Crippen LogP contribution is -2.10. The molecular formula is C12H11F3N2OS. The minimum atomic E-state index is -4.45. The third-order valence-electron chi connectivity index (χ3n) is 2.45. The fourth-order valence-electron chi connectivity index (χ4n) is 1.64. The number of fused-ring (bicyclic) bond motifs is 1. The number of para-hydroxylation sites is 1. The maximum absolute atomic E-state index is 12.8. The Morgan fingerprint density at radius 3 is 2.79 bits per heavy atom. The van der Waals surface area contributed by atoms with Gasteiger partial charge >= 0.3 is 6.18 Å². The van der Waals surface area contributed by atoms with Gasteiger partial charge in [-0.15, -0.1) is 0 Å². The lowest BCUT2D eigenvalue weighted by Gasteiger charge is -2.06. The average molecular weight is 288 g/mol. The Morgan fingerprint density at radius 2 is 2.16 bits per heavy atom. The van der Waals surface area contributed by atoms with Crippen LogP contribution >= 0.6 is 11.3 Å². The fourth-order valence-corrected chi connectivity index (χ4v) is 2.55. The van der Waals surface area contributed by atoms with Crippen molar-refractivity contribution >= 4 is 32.6 Å². The first kappa shape index (κ1) is 13.8. The van der Waals surface area contributed by atoms with Crippen molar-refractivity contribution in [3.8, 4) is 0 Å². The SMILES string of the molecule is CCCC(=O)Nc1nc2c(C(F)(F)F)cccc2s1. The summed E-state index contributed by atoms with van der Waals surface area (Å²) in [6.07, 6.45) is -3.45. The molecule has 3 nitrogen and oxygen atoms in total. The lowest BCUT2D eigenvalue weighted by atomic mass is 10.2. The van der Waals surface area contributed by atoms with Gasteiger partial charge in [0.15, 0.2) is 5.13 Å². The predicted molar refractivity (Wildman–Crippen MR) is 68.2 cm³/mol. The lowest BCUT2D eigenvalue weighted by molar-refractivity contribution is -0.136. The summed E-state index contributed by atoms with van der Waals surface area (Å²) in [5, 5.41) is 2.71. The Bertz CT molecular complexity index is 607. The van der Waals surface area contributed by atoms with Gasteiger partial charge in [0.25, 0.3) is 0 Å². The van der Waals surface area contributed by atoms with E-state index in [4.69, 9.17) is 0 Å². The molecule has 0 radical (unpaired) electrons. The highest BCUT2D eigenvalue weighted by Crippen LogP contribution is 2.37. The molecule has 0 saturated carbocycles. The Labute approximate surface area is 111 Å². The van der Waals surface area contributed by atoms with Crippen LogP contribution < -0.4 is 5.32 Å². The Morgan fingerprint density at radius 1 is 1.42 bits per heavy atom. The molecule has 7 heteroatoms. The van der Waals surface area contributed by atoms with Gasteiger partial charge in [0, 0.05) is 6.42 Å². The number of benzene rings is 1. The number of alkyl halides is 3. The molecule has 0 unspecified atom stereocenters. The van der Waals surface area contributed by atoms with Crippen molar-refractivity contribution in [1.29, 1.82) is 0 Å². The van der Waals surface area contributed by atoms with E-state index in [0.29, 0.717) is 17.5 Å². The molecule has 1 heterocycles.